The van der Waals surface area contributed by atoms with Gasteiger partial charge in [-0.3, -0.25) is 4.79 Å². The van der Waals surface area contributed by atoms with Gasteiger partial charge in [-0.05, 0) is 38.0 Å². The van der Waals surface area contributed by atoms with Crippen LogP contribution in [-0.2, 0) is 15.0 Å². The lowest BCUT2D eigenvalue weighted by Gasteiger charge is -2.54. The van der Waals surface area contributed by atoms with Gasteiger partial charge in [0.05, 0.1) is 17.6 Å². The monoisotopic (exact) mass is 566 g/mol. The number of aliphatic carboxylic acids is 1. The molecule has 2 saturated heterocycles. The third kappa shape index (κ3) is 5.91. The molecule has 4 fully saturated rings. The number of piperidine rings is 1. The molecule has 0 unspecified atom stereocenters. The van der Waals surface area contributed by atoms with Crippen molar-refractivity contribution in [2.24, 2.45) is 11.3 Å². The summed E-state index contributed by atoms with van der Waals surface area (Å²) in [5, 5.41) is 29.6. The van der Waals surface area contributed by atoms with E-state index in [-0.39, 0.29) is 42.0 Å². The summed E-state index contributed by atoms with van der Waals surface area (Å²) in [5.74, 6) is -4.32. The van der Waals surface area contributed by atoms with Crippen LogP contribution in [0.3, 0.4) is 0 Å². The number of nitrogens with one attached hydrogen (secondary N) is 1. The zero-order valence-corrected chi connectivity index (χ0v) is 21.9. The molecule has 5 rings (SSSR count). The smallest absolute Gasteiger partial charge is 0.475 e. The van der Waals surface area contributed by atoms with Gasteiger partial charge in [0.1, 0.15) is 0 Å². The number of aliphatic hydroxyl groups excluding tert-OH is 1. The molecule has 4 aliphatic rings. The van der Waals surface area contributed by atoms with Gasteiger partial charge in [0.25, 0.3) is 0 Å². The number of carbonyl (C=O) groups is 2. The fraction of sp³-hybridized carbons (Fsp3) is 0.840. The lowest BCUT2D eigenvalue weighted by molar-refractivity contribution is -0.192. The van der Waals surface area contributed by atoms with Crippen LogP contribution in [0.25, 0.3) is 0 Å². The van der Waals surface area contributed by atoms with Gasteiger partial charge in [0.15, 0.2) is 0 Å². The molecular formula is C25H35F5N4O5. The molecule has 1 amide bonds. The molecule has 1 aromatic rings. The average molecular weight is 567 g/mol. The van der Waals surface area contributed by atoms with Crippen molar-refractivity contribution in [1.29, 1.82) is 0 Å². The van der Waals surface area contributed by atoms with Crippen molar-refractivity contribution in [2.45, 2.75) is 101 Å². The van der Waals surface area contributed by atoms with Gasteiger partial charge in [-0.2, -0.15) is 13.2 Å². The molecule has 2 saturated carbocycles. The number of aromatic nitrogens is 2. The molecule has 0 radical (unpaired) electrons. The van der Waals surface area contributed by atoms with Crippen LogP contribution in [-0.4, -0.2) is 81.1 Å². The highest BCUT2D eigenvalue weighted by Gasteiger charge is 2.55. The van der Waals surface area contributed by atoms with Crippen LogP contribution in [0, 0.1) is 11.3 Å². The van der Waals surface area contributed by atoms with Crippen molar-refractivity contribution in [3.05, 3.63) is 11.8 Å². The maximum atomic E-state index is 13.5. The van der Waals surface area contributed by atoms with E-state index in [9.17, 15) is 31.9 Å². The number of amides is 1. The summed E-state index contributed by atoms with van der Waals surface area (Å²) in [7, 11) is 0. The van der Waals surface area contributed by atoms with E-state index in [1.807, 2.05) is 4.90 Å². The van der Waals surface area contributed by atoms with Gasteiger partial charge in [0, 0.05) is 43.8 Å². The molecule has 1 spiro atoms. The predicted octanol–water partition coefficient (Wildman–Crippen LogP) is 3.62. The summed E-state index contributed by atoms with van der Waals surface area (Å²) in [4.78, 5) is 23.8. The van der Waals surface area contributed by atoms with Gasteiger partial charge in [-0.15, -0.1) is 10.2 Å². The Hall–Kier alpha value is -2.35. The van der Waals surface area contributed by atoms with Gasteiger partial charge in [0.2, 0.25) is 23.6 Å². The summed E-state index contributed by atoms with van der Waals surface area (Å²) >= 11 is 0. The largest absolute Gasteiger partial charge is 0.490 e. The second kappa shape index (κ2) is 10.6. The number of hydrogen-bond donors (Lipinski definition) is 3. The number of rotatable bonds is 4. The summed E-state index contributed by atoms with van der Waals surface area (Å²) in [6, 6.07) is -0.358. The van der Waals surface area contributed by atoms with Gasteiger partial charge in [-0.25, -0.2) is 13.6 Å². The maximum absolute atomic E-state index is 13.5. The Kier molecular flexibility index (Phi) is 8.03. The first kappa shape index (κ1) is 29.6. The molecule has 39 heavy (non-hydrogen) atoms. The van der Waals surface area contributed by atoms with Crippen molar-refractivity contribution in [3.63, 3.8) is 0 Å². The van der Waals surface area contributed by atoms with E-state index < -0.39 is 29.6 Å². The summed E-state index contributed by atoms with van der Waals surface area (Å²) in [5.41, 5.74) is -0.446. The van der Waals surface area contributed by atoms with Gasteiger partial charge >= 0.3 is 12.1 Å². The van der Waals surface area contributed by atoms with Crippen molar-refractivity contribution >= 4 is 11.9 Å². The molecule has 0 bridgehead atoms. The SMILES string of the molecule is CC(C)C1(c2nnc(C3CCC(F)(F)CC3)o2)CN(C(=O)[C@@H]2C[C@@H](O)C3(CCC3)CN2)C1.O=C(O)C(F)(F)F. The fourth-order valence-electron chi connectivity index (χ4n) is 5.98. The highest BCUT2D eigenvalue weighted by molar-refractivity contribution is 5.83. The van der Waals surface area contributed by atoms with Crippen LogP contribution in [0.2, 0.25) is 0 Å². The molecule has 14 heteroatoms. The number of carboxylic acids is 1. The number of nitrogens with zero attached hydrogens (tertiary/aromatic N) is 3. The summed E-state index contributed by atoms with van der Waals surface area (Å²) in [6.07, 6.45) is -1.43. The lowest BCUT2D eigenvalue weighted by Crippen LogP contribution is -2.68. The Morgan fingerprint density at radius 1 is 1.10 bits per heavy atom. The van der Waals surface area contributed by atoms with E-state index >= 15 is 0 Å². The highest BCUT2D eigenvalue weighted by Crippen LogP contribution is 2.48. The normalized spacial score (nSPS) is 27.8. The van der Waals surface area contributed by atoms with Crippen molar-refractivity contribution in [1.82, 2.24) is 20.4 Å². The zero-order valence-electron chi connectivity index (χ0n) is 21.9. The van der Waals surface area contributed by atoms with Crippen LogP contribution >= 0.6 is 0 Å². The Morgan fingerprint density at radius 3 is 2.15 bits per heavy atom. The Morgan fingerprint density at radius 2 is 1.69 bits per heavy atom. The Balaban J connectivity index is 0.000000448. The minimum absolute atomic E-state index is 0.0174. The molecule has 3 N–H and O–H groups in total. The number of alkyl halides is 5. The molecule has 2 aliphatic heterocycles. The molecule has 2 atom stereocenters. The van der Waals surface area contributed by atoms with Crippen molar-refractivity contribution < 1.29 is 46.2 Å². The fourth-order valence-corrected chi connectivity index (χ4v) is 5.98. The van der Waals surface area contributed by atoms with E-state index in [2.05, 4.69) is 29.4 Å². The van der Waals surface area contributed by atoms with Crippen LogP contribution < -0.4 is 5.32 Å². The molecule has 2 aliphatic carbocycles. The number of halogens is 5. The molecule has 1 aromatic heterocycles. The minimum Gasteiger partial charge on any atom is -0.475 e. The van der Waals surface area contributed by atoms with Crippen LogP contribution in [0.4, 0.5) is 22.0 Å². The van der Waals surface area contributed by atoms with Crippen molar-refractivity contribution in [2.75, 3.05) is 19.6 Å². The lowest BCUT2D eigenvalue weighted by atomic mass is 9.62. The number of carbonyl (C=O) groups excluding carboxylic acids is 1. The molecule has 3 heterocycles. The average Bonchev–Trinajstić information content (AvgIpc) is 3.27. The quantitative estimate of drug-likeness (QED) is 0.472. The first-order valence-corrected chi connectivity index (χ1v) is 13.3. The molecule has 9 nitrogen and oxygen atoms in total. The van der Waals surface area contributed by atoms with E-state index in [1.54, 1.807) is 0 Å². The predicted molar refractivity (Wildman–Crippen MR) is 126 cm³/mol. The highest BCUT2D eigenvalue weighted by atomic mass is 19.4. The van der Waals surface area contributed by atoms with E-state index in [0.29, 0.717) is 50.7 Å². The summed E-state index contributed by atoms with van der Waals surface area (Å²) in [6.45, 7) is 5.84. The first-order valence-electron chi connectivity index (χ1n) is 13.3. The Bertz CT molecular complexity index is 1040. The number of carboxylic acid groups (broad SMARTS) is 1. The Labute approximate surface area is 222 Å². The third-order valence-electron chi connectivity index (χ3n) is 9.05. The minimum atomic E-state index is -5.08. The molecule has 0 aromatic carbocycles. The molecular weight excluding hydrogens is 531 g/mol. The topological polar surface area (TPSA) is 129 Å². The first-order chi connectivity index (χ1) is 18.1. The van der Waals surface area contributed by atoms with Crippen LogP contribution in [0.1, 0.15) is 82.9 Å². The van der Waals surface area contributed by atoms with Crippen LogP contribution in [0.5, 0.6) is 0 Å². The van der Waals surface area contributed by atoms with E-state index in [0.717, 1.165) is 19.3 Å². The van der Waals surface area contributed by atoms with Crippen LogP contribution in [0.15, 0.2) is 4.42 Å². The second-order valence-electron chi connectivity index (χ2n) is 11.8. The van der Waals surface area contributed by atoms with Gasteiger partial charge in [-0.1, -0.05) is 20.3 Å². The summed E-state index contributed by atoms with van der Waals surface area (Å²) < 4.78 is 64.8. The maximum Gasteiger partial charge on any atom is 0.490 e. The van der Waals surface area contributed by atoms with E-state index in [4.69, 9.17) is 14.3 Å². The number of hydrogen-bond acceptors (Lipinski definition) is 7. The second-order valence-corrected chi connectivity index (χ2v) is 11.8. The standard InChI is InChI=1S/C23H34F2N4O3.C2HF3O2/c1-14(2)22(20-28-27-18(32-20)15-4-8-23(24,25)9-5-15)12-29(13-22)19(31)16-10-17(30)21(11-26-16)6-3-7-21;3-2(4,5)1(6)7/h14-17,26,30H,3-13H2,1-2H3;(H,6,7)/t16-,17+;/m0./s1. The zero-order chi connectivity index (χ0) is 28.8. The third-order valence-corrected chi connectivity index (χ3v) is 9.05. The number of likely N-dealkylation sites (tertiary alicyclic amines) is 1. The molecule has 220 valence electrons. The van der Waals surface area contributed by atoms with Gasteiger partial charge < -0.3 is 24.8 Å². The van der Waals surface area contributed by atoms with E-state index in [1.165, 1.54) is 0 Å². The van der Waals surface area contributed by atoms with Crippen molar-refractivity contribution in [3.8, 4) is 0 Å². The number of aliphatic hydroxyl groups is 1.